The average Bonchev–Trinajstić information content (AvgIpc) is 2.50. The number of aromatic hydroxyl groups is 1. The highest BCUT2D eigenvalue weighted by Gasteiger charge is 2.39. The van der Waals surface area contributed by atoms with Crippen molar-refractivity contribution in [3.63, 3.8) is 0 Å². The van der Waals surface area contributed by atoms with Crippen molar-refractivity contribution in [3.05, 3.63) is 63.7 Å². The van der Waals surface area contributed by atoms with E-state index in [1.54, 1.807) is 12.1 Å². The van der Waals surface area contributed by atoms with Crippen LogP contribution in [0.1, 0.15) is 68.0 Å². The first-order valence-electron chi connectivity index (χ1n) is 7.90. The maximum Gasteiger partial charge on any atom is 0.198 e. The molecule has 0 aliphatic heterocycles. The monoisotopic (exact) mass is 320 g/mol. The first kappa shape index (κ1) is 14.8. The summed E-state index contributed by atoms with van der Waals surface area (Å²) in [5, 5.41) is 10.1. The summed E-state index contributed by atoms with van der Waals surface area (Å²) < 4.78 is 0. The van der Waals surface area contributed by atoms with Gasteiger partial charge in [-0.25, -0.2) is 0 Å². The van der Waals surface area contributed by atoms with E-state index in [4.69, 9.17) is 0 Å². The van der Waals surface area contributed by atoms with Crippen LogP contribution in [0.15, 0.2) is 30.3 Å². The van der Waals surface area contributed by atoms with Gasteiger partial charge >= 0.3 is 0 Å². The van der Waals surface area contributed by atoms with E-state index in [1.807, 2.05) is 13.8 Å². The molecule has 0 spiro atoms. The molecule has 4 nitrogen and oxygen atoms in total. The van der Waals surface area contributed by atoms with E-state index in [2.05, 4.69) is 0 Å². The fourth-order valence-corrected chi connectivity index (χ4v) is 3.88. The fraction of sp³-hybridized carbons (Fsp3) is 0.250. The molecule has 0 bridgehead atoms. The number of Topliss-reactive ketones (excluding diaryl/α,β-unsaturated/α-hetero) is 1. The van der Waals surface area contributed by atoms with Crippen LogP contribution in [0.4, 0.5) is 0 Å². The largest absolute Gasteiger partial charge is 0.507 e. The number of fused-ring (bicyclic) bond motifs is 4. The summed E-state index contributed by atoms with van der Waals surface area (Å²) in [6.45, 7) is 4.03. The van der Waals surface area contributed by atoms with Crippen molar-refractivity contribution >= 4 is 17.3 Å². The van der Waals surface area contributed by atoms with E-state index < -0.39 is 5.78 Å². The molecule has 1 N–H and O–H groups in total. The van der Waals surface area contributed by atoms with Crippen molar-refractivity contribution in [1.29, 1.82) is 0 Å². The normalized spacial score (nSPS) is 18.0. The zero-order valence-electron chi connectivity index (χ0n) is 13.5. The molecule has 120 valence electrons. The second-order valence-corrected chi connectivity index (χ2v) is 7.32. The molecule has 0 fully saturated rings. The predicted octanol–water partition coefficient (Wildman–Crippen LogP) is 3.32. The van der Waals surface area contributed by atoms with E-state index in [0.29, 0.717) is 18.4 Å². The summed E-state index contributed by atoms with van der Waals surface area (Å²) in [5.41, 5.74) is 1.60. The number of carbonyl (C=O) groups is 3. The molecule has 2 aliphatic carbocycles. The van der Waals surface area contributed by atoms with Crippen LogP contribution in [0.5, 0.6) is 5.75 Å². The van der Waals surface area contributed by atoms with Gasteiger partial charge in [0.05, 0.1) is 5.56 Å². The maximum absolute atomic E-state index is 13.0. The smallest absolute Gasteiger partial charge is 0.198 e. The van der Waals surface area contributed by atoms with E-state index in [-0.39, 0.29) is 45.0 Å². The Balaban J connectivity index is 2.02. The fourth-order valence-electron chi connectivity index (χ4n) is 3.88. The van der Waals surface area contributed by atoms with Crippen LogP contribution in [0, 0.1) is 5.41 Å². The zero-order chi connectivity index (χ0) is 17.2. The van der Waals surface area contributed by atoms with E-state index in [9.17, 15) is 19.5 Å². The Morgan fingerprint density at radius 1 is 0.833 bits per heavy atom. The van der Waals surface area contributed by atoms with Crippen molar-refractivity contribution in [2.75, 3.05) is 0 Å². The van der Waals surface area contributed by atoms with Gasteiger partial charge < -0.3 is 5.11 Å². The van der Waals surface area contributed by atoms with Crippen LogP contribution >= 0.6 is 0 Å². The van der Waals surface area contributed by atoms with Gasteiger partial charge in [0.25, 0.3) is 0 Å². The lowest BCUT2D eigenvalue weighted by molar-refractivity contribution is 0.0900. The van der Waals surface area contributed by atoms with Crippen LogP contribution in [-0.4, -0.2) is 22.5 Å². The number of ketones is 3. The Hall–Kier alpha value is -2.75. The van der Waals surface area contributed by atoms with Crippen LogP contribution in [0.2, 0.25) is 0 Å². The summed E-state index contributed by atoms with van der Waals surface area (Å²) in [4.78, 5) is 38.4. The average molecular weight is 320 g/mol. The molecule has 0 saturated heterocycles. The van der Waals surface area contributed by atoms with Crippen molar-refractivity contribution < 1.29 is 19.5 Å². The summed E-state index contributed by atoms with van der Waals surface area (Å²) in [6.07, 6.45) is 1.02. The highest BCUT2D eigenvalue weighted by atomic mass is 16.3. The number of rotatable bonds is 0. The molecule has 4 rings (SSSR count). The molecule has 4 heteroatoms. The summed E-state index contributed by atoms with van der Waals surface area (Å²) in [5.74, 6) is -1.10. The molecule has 0 heterocycles. The standard InChI is InChI=1S/C20H16O4/c1-20(2)8-10-6-7-12-17(15(10)14(22)9-20)19(24)16-11(18(12)23)4-3-5-13(16)21/h3-7,21H,8-9H2,1-2H3. The molecule has 0 atom stereocenters. The minimum absolute atomic E-state index is 0.000957. The molecule has 2 aromatic carbocycles. The molecule has 0 saturated carbocycles. The number of phenolic OH excluding ortho intramolecular Hbond substituents is 1. The van der Waals surface area contributed by atoms with Crippen LogP contribution in [0.3, 0.4) is 0 Å². The van der Waals surface area contributed by atoms with Crippen LogP contribution in [-0.2, 0) is 6.42 Å². The van der Waals surface area contributed by atoms with Crippen molar-refractivity contribution in [3.8, 4) is 5.75 Å². The molecule has 2 aliphatic rings. The minimum atomic E-state index is -0.442. The molecule has 0 radical (unpaired) electrons. The first-order chi connectivity index (χ1) is 11.3. The third-order valence-corrected chi connectivity index (χ3v) is 4.86. The second-order valence-electron chi connectivity index (χ2n) is 7.32. The topological polar surface area (TPSA) is 71.4 Å². The summed E-state index contributed by atoms with van der Waals surface area (Å²) in [7, 11) is 0. The number of benzene rings is 2. The van der Waals surface area contributed by atoms with E-state index >= 15 is 0 Å². The number of carbonyl (C=O) groups excluding carboxylic acids is 3. The van der Waals surface area contributed by atoms with Gasteiger partial charge in [0.1, 0.15) is 5.75 Å². The van der Waals surface area contributed by atoms with E-state index in [0.717, 1.165) is 5.56 Å². The highest BCUT2D eigenvalue weighted by Crippen LogP contribution is 2.41. The molecule has 0 aromatic heterocycles. The molecular formula is C20H16O4. The molecule has 24 heavy (non-hydrogen) atoms. The molecule has 2 aromatic rings. The van der Waals surface area contributed by atoms with Crippen LogP contribution < -0.4 is 0 Å². The maximum atomic E-state index is 13.0. The number of hydrogen-bond donors (Lipinski definition) is 1. The van der Waals surface area contributed by atoms with Crippen molar-refractivity contribution in [2.24, 2.45) is 5.41 Å². The lowest BCUT2D eigenvalue weighted by Crippen LogP contribution is -2.32. The van der Waals surface area contributed by atoms with Crippen molar-refractivity contribution in [1.82, 2.24) is 0 Å². The summed E-state index contributed by atoms with van der Waals surface area (Å²) >= 11 is 0. The molecule has 0 unspecified atom stereocenters. The summed E-state index contributed by atoms with van der Waals surface area (Å²) in [6, 6.07) is 7.87. The Kier molecular flexibility index (Phi) is 2.86. The van der Waals surface area contributed by atoms with Gasteiger partial charge in [-0.1, -0.05) is 32.0 Å². The lowest BCUT2D eigenvalue weighted by Gasteiger charge is -2.32. The van der Waals surface area contributed by atoms with Gasteiger partial charge in [-0.2, -0.15) is 0 Å². The first-order valence-corrected chi connectivity index (χ1v) is 7.90. The second kappa shape index (κ2) is 4.63. The highest BCUT2D eigenvalue weighted by molar-refractivity contribution is 6.32. The van der Waals surface area contributed by atoms with Gasteiger partial charge in [0.15, 0.2) is 17.3 Å². The van der Waals surface area contributed by atoms with E-state index in [1.165, 1.54) is 18.2 Å². The van der Waals surface area contributed by atoms with Gasteiger partial charge in [-0.05, 0) is 29.5 Å². The Labute approximate surface area is 139 Å². The molecule has 0 amide bonds. The Morgan fingerprint density at radius 2 is 1.54 bits per heavy atom. The SMILES string of the molecule is CC1(C)CC(=O)c2c(ccc3c2C(=O)c2c(O)cccc2C3=O)C1. The lowest BCUT2D eigenvalue weighted by atomic mass is 9.69. The van der Waals surface area contributed by atoms with Crippen molar-refractivity contribution in [2.45, 2.75) is 26.7 Å². The Morgan fingerprint density at radius 3 is 2.29 bits per heavy atom. The number of phenols is 1. The van der Waals surface area contributed by atoms with Crippen LogP contribution in [0.25, 0.3) is 0 Å². The minimum Gasteiger partial charge on any atom is -0.507 e. The quantitative estimate of drug-likeness (QED) is 0.690. The predicted molar refractivity (Wildman–Crippen MR) is 87.8 cm³/mol. The van der Waals surface area contributed by atoms with Gasteiger partial charge in [0, 0.05) is 28.7 Å². The van der Waals surface area contributed by atoms with Gasteiger partial charge in [-0.15, -0.1) is 0 Å². The Bertz CT molecular complexity index is 950. The zero-order valence-corrected chi connectivity index (χ0v) is 13.5. The van der Waals surface area contributed by atoms with Gasteiger partial charge in [0.2, 0.25) is 0 Å². The third kappa shape index (κ3) is 1.89. The number of hydrogen-bond acceptors (Lipinski definition) is 4. The third-order valence-electron chi connectivity index (χ3n) is 4.86. The van der Waals surface area contributed by atoms with Gasteiger partial charge in [-0.3, -0.25) is 14.4 Å². The molecular weight excluding hydrogens is 304 g/mol.